The van der Waals surface area contributed by atoms with Gasteiger partial charge in [-0.25, -0.2) is 9.97 Å². The van der Waals surface area contributed by atoms with Crippen LogP contribution < -0.4 is 0 Å². The van der Waals surface area contributed by atoms with Crippen molar-refractivity contribution in [2.24, 2.45) is 5.92 Å². The number of carboxylic acid groups (broad SMARTS) is 1. The summed E-state index contributed by atoms with van der Waals surface area (Å²) in [7, 11) is 0. The molecule has 0 spiro atoms. The van der Waals surface area contributed by atoms with Crippen molar-refractivity contribution in [2.75, 3.05) is 5.75 Å². The monoisotopic (exact) mass is 322 g/mol. The Kier molecular flexibility index (Phi) is 4.17. The van der Waals surface area contributed by atoms with Crippen molar-refractivity contribution in [1.29, 1.82) is 0 Å². The molecule has 3 rings (SSSR count). The largest absolute Gasteiger partial charge is 0.481 e. The summed E-state index contributed by atoms with van der Waals surface area (Å²) in [5, 5.41) is 10.9. The van der Waals surface area contributed by atoms with Gasteiger partial charge in [-0.2, -0.15) is 0 Å². The minimum absolute atomic E-state index is 0.0519. The van der Waals surface area contributed by atoms with Crippen LogP contribution in [-0.2, 0) is 24.1 Å². The molecule has 0 radical (unpaired) electrons. The molecule has 2 heterocycles. The highest BCUT2D eigenvalue weighted by Gasteiger charge is 2.24. The third-order valence-corrected chi connectivity index (χ3v) is 5.93. The van der Waals surface area contributed by atoms with Gasteiger partial charge in [-0.15, -0.1) is 11.3 Å². The quantitative estimate of drug-likeness (QED) is 0.689. The van der Waals surface area contributed by atoms with Gasteiger partial charge >= 0.3 is 5.97 Å². The molecule has 4 nitrogen and oxygen atoms in total. The first kappa shape index (κ1) is 14.8. The maximum Gasteiger partial charge on any atom is 0.313 e. The Morgan fingerprint density at radius 3 is 3.00 bits per heavy atom. The number of fused-ring (bicyclic) bond motifs is 3. The van der Waals surface area contributed by atoms with Crippen LogP contribution in [0.4, 0.5) is 0 Å². The summed E-state index contributed by atoms with van der Waals surface area (Å²) in [4.78, 5) is 22.6. The number of carbonyl (C=O) groups is 1. The number of hydrogen-bond acceptors (Lipinski definition) is 5. The molecule has 1 aliphatic carbocycles. The second-order valence-electron chi connectivity index (χ2n) is 5.51. The minimum Gasteiger partial charge on any atom is -0.481 e. The van der Waals surface area contributed by atoms with Crippen molar-refractivity contribution in [3.8, 4) is 0 Å². The molecule has 0 aliphatic heterocycles. The molecule has 0 bridgehead atoms. The molecule has 0 saturated carbocycles. The molecule has 0 aromatic carbocycles. The lowest BCUT2D eigenvalue weighted by Gasteiger charge is -2.18. The Morgan fingerprint density at radius 1 is 1.48 bits per heavy atom. The predicted octanol–water partition coefficient (Wildman–Crippen LogP) is 3.56. The maximum absolute atomic E-state index is 10.9. The molecule has 0 fully saturated rings. The normalized spacial score (nSPS) is 17.9. The standard InChI is InChI=1S/C15H18N2O2S2/c1-3-11-16-14(20-7-12(18)19)13-9-5-4-8(2)6-10(9)21-15(13)17-11/h8H,3-7H2,1-2H3,(H,18,19)/t8-/m1/s1. The fourth-order valence-corrected chi connectivity index (χ4v) is 5.00. The van der Waals surface area contributed by atoms with Crippen molar-refractivity contribution in [1.82, 2.24) is 9.97 Å². The first-order valence-corrected chi connectivity index (χ1v) is 9.04. The molecule has 1 aliphatic rings. The van der Waals surface area contributed by atoms with E-state index in [-0.39, 0.29) is 5.75 Å². The average Bonchev–Trinajstić information content (AvgIpc) is 2.81. The number of aryl methyl sites for hydroxylation is 2. The van der Waals surface area contributed by atoms with Crippen molar-refractivity contribution in [3.05, 3.63) is 16.3 Å². The van der Waals surface area contributed by atoms with Gasteiger partial charge in [-0.1, -0.05) is 25.6 Å². The fourth-order valence-electron chi connectivity index (χ4n) is 2.74. The zero-order valence-corrected chi connectivity index (χ0v) is 13.8. The van der Waals surface area contributed by atoms with E-state index < -0.39 is 5.97 Å². The number of thioether (sulfide) groups is 1. The minimum atomic E-state index is -0.803. The summed E-state index contributed by atoms with van der Waals surface area (Å²) in [6.45, 7) is 4.32. The molecule has 112 valence electrons. The van der Waals surface area contributed by atoms with Crippen LogP contribution in [0.25, 0.3) is 10.2 Å². The van der Waals surface area contributed by atoms with Crippen LogP contribution >= 0.6 is 23.1 Å². The summed E-state index contributed by atoms with van der Waals surface area (Å²) in [5.74, 6) is 0.778. The molecule has 0 saturated heterocycles. The van der Waals surface area contributed by atoms with E-state index in [1.54, 1.807) is 11.3 Å². The zero-order chi connectivity index (χ0) is 15.0. The van der Waals surface area contributed by atoms with Gasteiger partial charge in [0.1, 0.15) is 15.7 Å². The molecule has 1 atom stereocenters. The van der Waals surface area contributed by atoms with E-state index in [0.717, 1.165) is 46.2 Å². The molecular formula is C15H18N2O2S2. The van der Waals surface area contributed by atoms with Crippen molar-refractivity contribution >= 4 is 39.3 Å². The lowest BCUT2D eigenvalue weighted by atomic mass is 9.89. The number of hydrogen-bond donors (Lipinski definition) is 1. The van der Waals surface area contributed by atoms with E-state index in [2.05, 4.69) is 16.9 Å². The third-order valence-electron chi connectivity index (χ3n) is 3.82. The van der Waals surface area contributed by atoms with Crippen LogP contribution in [0.3, 0.4) is 0 Å². The number of carboxylic acids is 1. The zero-order valence-electron chi connectivity index (χ0n) is 12.2. The highest BCUT2D eigenvalue weighted by Crippen LogP contribution is 2.40. The molecule has 2 aromatic heterocycles. The van der Waals surface area contributed by atoms with Crippen LogP contribution in [0.5, 0.6) is 0 Å². The average molecular weight is 322 g/mol. The molecule has 6 heteroatoms. The summed E-state index contributed by atoms with van der Waals surface area (Å²) < 4.78 is 0. The van der Waals surface area contributed by atoms with Crippen molar-refractivity contribution < 1.29 is 9.90 Å². The highest BCUT2D eigenvalue weighted by atomic mass is 32.2. The Morgan fingerprint density at radius 2 is 2.29 bits per heavy atom. The smallest absolute Gasteiger partial charge is 0.313 e. The van der Waals surface area contributed by atoms with Crippen molar-refractivity contribution in [2.45, 2.75) is 44.6 Å². The van der Waals surface area contributed by atoms with E-state index in [1.165, 1.54) is 28.6 Å². The van der Waals surface area contributed by atoms with Gasteiger partial charge in [0.15, 0.2) is 0 Å². The Balaban J connectivity index is 2.12. The molecule has 1 N–H and O–H groups in total. The number of thiophene rings is 1. The maximum atomic E-state index is 10.9. The first-order valence-electron chi connectivity index (χ1n) is 7.24. The highest BCUT2D eigenvalue weighted by molar-refractivity contribution is 8.00. The van der Waals surface area contributed by atoms with Crippen LogP contribution in [0, 0.1) is 5.92 Å². The number of aromatic nitrogens is 2. The number of nitrogens with zero attached hydrogens (tertiary/aromatic N) is 2. The lowest BCUT2D eigenvalue weighted by Crippen LogP contribution is -2.09. The molecule has 0 amide bonds. The van der Waals surface area contributed by atoms with Crippen molar-refractivity contribution in [3.63, 3.8) is 0 Å². The molecule has 21 heavy (non-hydrogen) atoms. The van der Waals surface area contributed by atoms with Crippen LogP contribution in [0.2, 0.25) is 0 Å². The summed E-state index contributed by atoms with van der Waals surface area (Å²) in [6, 6.07) is 0. The molecule has 2 aromatic rings. The second kappa shape index (κ2) is 5.93. The Hall–Kier alpha value is -1.14. The van der Waals surface area contributed by atoms with E-state index in [0.29, 0.717) is 0 Å². The van der Waals surface area contributed by atoms with E-state index in [1.807, 2.05) is 6.92 Å². The van der Waals surface area contributed by atoms with E-state index in [4.69, 9.17) is 5.11 Å². The second-order valence-corrected chi connectivity index (χ2v) is 7.56. The Labute approximate surface area is 132 Å². The Bertz CT molecular complexity index is 697. The fraction of sp³-hybridized carbons (Fsp3) is 0.533. The van der Waals surface area contributed by atoms with E-state index >= 15 is 0 Å². The van der Waals surface area contributed by atoms with Gasteiger partial charge in [0.05, 0.1) is 5.75 Å². The summed E-state index contributed by atoms with van der Waals surface area (Å²) >= 11 is 3.09. The molecule has 0 unspecified atom stereocenters. The van der Waals surface area contributed by atoms with Gasteiger partial charge in [0.2, 0.25) is 0 Å². The van der Waals surface area contributed by atoms with Gasteiger partial charge in [-0.3, -0.25) is 4.79 Å². The summed E-state index contributed by atoms with van der Waals surface area (Å²) in [5.41, 5.74) is 1.36. The predicted molar refractivity (Wildman–Crippen MR) is 86.3 cm³/mol. The van der Waals surface area contributed by atoms with Gasteiger partial charge in [-0.05, 0) is 30.7 Å². The number of aliphatic carboxylic acids is 1. The number of rotatable bonds is 4. The topological polar surface area (TPSA) is 63.1 Å². The van der Waals surface area contributed by atoms with Gasteiger partial charge < -0.3 is 5.11 Å². The summed E-state index contributed by atoms with van der Waals surface area (Å²) in [6.07, 6.45) is 4.14. The van der Waals surface area contributed by atoms with Crippen LogP contribution in [-0.4, -0.2) is 26.8 Å². The van der Waals surface area contributed by atoms with Crippen LogP contribution in [0.1, 0.15) is 36.5 Å². The SMILES string of the molecule is CCc1nc(SCC(=O)O)c2c3c(sc2n1)C[C@H](C)CC3. The van der Waals surface area contributed by atoms with Crippen LogP contribution in [0.15, 0.2) is 5.03 Å². The third kappa shape index (κ3) is 2.92. The molecular weight excluding hydrogens is 304 g/mol. The van der Waals surface area contributed by atoms with Gasteiger partial charge in [0, 0.05) is 16.7 Å². The van der Waals surface area contributed by atoms with Gasteiger partial charge in [0.25, 0.3) is 0 Å². The van der Waals surface area contributed by atoms with E-state index in [9.17, 15) is 4.79 Å². The lowest BCUT2D eigenvalue weighted by molar-refractivity contribution is -0.133. The first-order chi connectivity index (χ1) is 10.1.